The van der Waals surface area contributed by atoms with Crippen molar-refractivity contribution >= 4 is 11.5 Å². The fourth-order valence-electron chi connectivity index (χ4n) is 1.96. The van der Waals surface area contributed by atoms with E-state index in [1.807, 2.05) is 18.3 Å². The minimum atomic E-state index is 0.298. The number of carbonyl (C=O) groups is 1. The average Bonchev–Trinajstić information content (AvgIpc) is 2.28. The van der Waals surface area contributed by atoms with Crippen LogP contribution in [-0.4, -0.2) is 5.78 Å². The molecular weight excluding hydrogens is 198 g/mol. The molecule has 84 valence electrons. The van der Waals surface area contributed by atoms with E-state index in [1.165, 1.54) is 5.56 Å². The molecule has 0 amide bonds. The molecule has 0 radical (unpaired) electrons. The molecule has 1 aromatic rings. The number of allylic oxidation sites excluding steroid dienone is 1. The van der Waals surface area contributed by atoms with Crippen molar-refractivity contribution < 1.29 is 4.79 Å². The summed E-state index contributed by atoms with van der Waals surface area (Å²) in [6.07, 6.45) is 5.67. The minimum absolute atomic E-state index is 0.298. The minimum Gasteiger partial charge on any atom is -0.361 e. The molecule has 1 aliphatic rings. The Morgan fingerprint density at radius 2 is 2.06 bits per heavy atom. The highest BCUT2D eigenvalue weighted by molar-refractivity contribution is 5.96. The van der Waals surface area contributed by atoms with Crippen LogP contribution in [0.25, 0.3) is 0 Å². The van der Waals surface area contributed by atoms with Gasteiger partial charge in [0.05, 0.1) is 0 Å². The van der Waals surface area contributed by atoms with Crippen LogP contribution in [0.1, 0.15) is 31.2 Å². The van der Waals surface area contributed by atoms with Crippen LogP contribution in [0.4, 0.5) is 5.69 Å². The van der Waals surface area contributed by atoms with Crippen LogP contribution >= 0.6 is 0 Å². The summed E-state index contributed by atoms with van der Waals surface area (Å²) >= 11 is 0. The lowest BCUT2D eigenvalue weighted by Gasteiger charge is -2.12. The first-order valence-electron chi connectivity index (χ1n) is 5.81. The number of ketones is 1. The Balaban J connectivity index is 2.05. The van der Waals surface area contributed by atoms with Crippen LogP contribution in [0.3, 0.4) is 0 Å². The molecule has 0 saturated heterocycles. The number of nitrogens with one attached hydrogen (secondary N) is 1. The fourth-order valence-corrected chi connectivity index (χ4v) is 1.96. The number of hydrogen-bond acceptors (Lipinski definition) is 2. The first-order valence-corrected chi connectivity index (χ1v) is 5.81. The molecule has 1 aliphatic carbocycles. The van der Waals surface area contributed by atoms with Gasteiger partial charge < -0.3 is 5.32 Å². The molecule has 16 heavy (non-hydrogen) atoms. The van der Waals surface area contributed by atoms with Gasteiger partial charge in [0.1, 0.15) is 0 Å². The Kier molecular flexibility index (Phi) is 3.40. The molecular formula is C14H17NO. The van der Waals surface area contributed by atoms with E-state index in [0.29, 0.717) is 12.2 Å². The van der Waals surface area contributed by atoms with E-state index >= 15 is 0 Å². The Morgan fingerprint density at radius 3 is 2.81 bits per heavy atom. The summed E-state index contributed by atoms with van der Waals surface area (Å²) in [6, 6.07) is 8.16. The van der Waals surface area contributed by atoms with E-state index in [-0.39, 0.29) is 0 Å². The monoisotopic (exact) mass is 215 g/mol. The van der Waals surface area contributed by atoms with Crippen molar-refractivity contribution in [3.05, 3.63) is 41.6 Å². The third kappa shape index (κ3) is 2.72. The van der Waals surface area contributed by atoms with Crippen LogP contribution in [0.5, 0.6) is 0 Å². The molecule has 0 aromatic heterocycles. The van der Waals surface area contributed by atoms with E-state index in [0.717, 1.165) is 30.5 Å². The van der Waals surface area contributed by atoms with Gasteiger partial charge in [0, 0.05) is 23.9 Å². The second-order valence-corrected chi connectivity index (χ2v) is 4.31. The van der Waals surface area contributed by atoms with Crippen molar-refractivity contribution in [1.29, 1.82) is 0 Å². The summed E-state index contributed by atoms with van der Waals surface area (Å²) < 4.78 is 0. The van der Waals surface area contributed by atoms with E-state index in [9.17, 15) is 4.79 Å². The summed E-state index contributed by atoms with van der Waals surface area (Å²) in [6.45, 7) is 2.06. The summed E-state index contributed by atoms with van der Waals surface area (Å²) in [5, 5.41) is 3.20. The van der Waals surface area contributed by atoms with Gasteiger partial charge in [-0.15, -0.1) is 0 Å². The van der Waals surface area contributed by atoms with Crippen molar-refractivity contribution in [2.75, 3.05) is 5.32 Å². The van der Waals surface area contributed by atoms with E-state index in [4.69, 9.17) is 0 Å². The number of benzene rings is 1. The number of rotatable bonds is 2. The van der Waals surface area contributed by atoms with Crippen molar-refractivity contribution in [2.45, 2.75) is 32.6 Å². The van der Waals surface area contributed by atoms with Crippen LogP contribution in [0, 0.1) is 6.92 Å². The Labute approximate surface area is 96.4 Å². The number of anilines is 1. The van der Waals surface area contributed by atoms with Crippen LogP contribution < -0.4 is 5.32 Å². The maximum absolute atomic E-state index is 11.6. The van der Waals surface area contributed by atoms with Gasteiger partial charge in [0.2, 0.25) is 0 Å². The Hall–Kier alpha value is -1.57. The quantitative estimate of drug-likeness (QED) is 0.766. The molecule has 0 heterocycles. The van der Waals surface area contributed by atoms with Gasteiger partial charge in [0.25, 0.3) is 0 Å². The molecule has 1 fully saturated rings. The number of aryl methyl sites for hydroxylation is 1. The Bertz CT molecular complexity index is 420. The van der Waals surface area contributed by atoms with E-state index in [1.54, 1.807) is 0 Å². The van der Waals surface area contributed by atoms with Crippen molar-refractivity contribution in [1.82, 2.24) is 0 Å². The summed E-state index contributed by atoms with van der Waals surface area (Å²) in [7, 11) is 0. The largest absolute Gasteiger partial charge is 0.361 e. The fraction of sp³-hybridized carbons (Fsp3) is 0.357. The predicted molar refractivity (Wildman–Crippen MR) is 66.4 cm³/mol. The van der Waals surface area contributed by atoms with Gasteiger partial charge in [-0.3, -0.25) is 4.79 Å². The number of Topliss-reactive ketones (excluding diaryl/α,β-unsaturated/α-hetero) is 1. The molecule has 1 saturated carbocycles. The average molecular weight is 215 g/mol. The van der Waals surface area contributed by atoms with Gasteiger partial charge in [0.15, 0.2) is 5.78 Å². The first-order chi connectivity index (χ1) is 7.75. The Morgan fingerprint density at radius 1 is 1.25 bits per heavy atom. The lowest BCUT2D eigenvalue weighted by atomic mass is 9.94. The standard InChI is InChI=1S/C14H17NO/c1-11-5-4-7-13(9-11)15-10-12-6-2-3-8-14(12)16/h4-5,7,9-10,15H,2-3,6,8H2,1H3/b12-10+. The van der Waals surface area contributed by atoms with Gasteiger partial charge >= 0.3 is 0 Å². The molecule has 0 atom stereocenters. The highest BCUT2D eigenvalue weighted by Crippen LogP contribution is 2.20. The molecule has 2 nitrogen and oxygen atoms in total. The van der Waals surface area contributed by atoms with Crippen LogP contribution in [0.2, 0.25) is 0 Å². The smallest absolute Gasteiger partial charge is 0.160 e. The third-order valence-electron chi connectivity index (χ3n) is 2.89. The highest BCUT2D eigenvalue weighted by atomic mass is 16.1. The third-order valence-corrected chi connectivity index (χ3v) is 2.89. The van der Waals surface area contributed by atoms with Crippen LogP contribution in [-0.2, 0) is 4.79 Å². The maximum Gasteiger partial charge on any atom is 0.160 e. The van der Waals surface area contributed by atoms with E-state index < -0.39 is 0 Å². The van der Waals surface area contributed by atoms with Crippen molar-refractivity contribution in [3.8, 4) is 0 Å². The molecule has 0 unspecified atom stereocenters. The van der Waals surface area contributed by atoms with E-state index in [2.05, 4.69) is 24.4 Å². The summed E-state index contributed by atoms with van der Waals surface area (Å²) in [4.78, 5) is 11.6. The SMILES string of the molecule is Cc1cccc(N/C=C2\CCCCC2=O)c1. The molecule has 0 aliphatic heterocycles. The number of carbonyl (C=O) groups excluding carboxylic acids is 1. The normalized spacial score (nSPS) is 18.8. The lowest BCUT2D eigenvalue weighted by Crippen LogP contribution is -2.09. The zero-order valence-electron chi connectivity index (χ0n) is 9.62. The second kappa shape index (κ2) is 4.97. The van der Waals surface area contributed by atoms with Gasteiger partial charge in [-0.05, 0) is 43.9 Å². The first kappa shape index (κ1) is 10.9. The summed E-state index contributed by atoms with van der Waals surface area (Å²) in [5.74, 6) is 0.298. The molecule has 0 bridgehead atoms. The molecule has 2 rings (SSSR count). The van der Waals surface area contributed by atoms with Gasteiger partial charge in [-0.1, -0.05) is 12.1 Å². The second-order valence-electron chi connectivity index (χ2n) is 4.31. The predicted octanol–water partition coefficient (Wildman–Crippen LogP) is 3.43. The lowest BCUT2D eigenvalue weighted by molar-refractivity contribution is -0.116. The molecule has 1 N–H and O–H groups in total. The molecule has 2 heteroatoms. The van der Waals surface area contributed by atoms with Crippen molar-refractivity contribution in [3.63, 3.8) is 0 Å². The topological polar surface area (TPSA) is 29.1 Å². The zero-order chi connectivity index (χ0) is 11.4. The molecule has 0 spiro atoms. The van der Waals surface area contributed by atoms with Crippen molar-refractivity contribution in [2.24, 2.45) is 0 Å². The zero-order valence-corrected chi connectivity index (χ0v) is 9.62. The maximum atomic E-state index is 11.6. The highest BCUT2D eigenvalue weighted by Gasteiger charge is 2.14. The molecule has 1 aromatic carbocycles. The van der Waals surface area contributed by atoms with Gasteiger partial charge in [-0.2, -0.15) is 0 Å². The van der Waals surface area contributed by atoms with Gasteiger partial charge in [-0.25, -0.2) is 0 Å². The number of hydrogen-bond donors (Lipinski definition) is 1. The van der Waals surface area contributed by atoms with Crippen LogP contribution in [0.15, 0.2) is 36.0 Å². The summed E-state index contributed by atoms with van der Waals surface area (Å²) in [5.41, 5.74) is 3.21.